The van der Waals surface area contributed by atoms with Crippen LogP contribution in [0, 0.1) is 5.92 Å². The monoisotopic (exact) mass is 296 g/mol. The van der Waals surface area contributed by atoms with E-state index in [-0.39, 0.29) is 10.8 Å². The Bertz CT molecular complexity index is 561. The lowest BCUT2D eigenvalue weighted by molar-refractivity contribution is -0.116. The van der Waals surface area contributed by atoms with E-state index in [0.29, 0.717) is 18.0 Å². The summed E-state index contributed by atoms with van der Waals surface area (Å²) in [5.41, 5.74) is 0.631. The summed E-state index contributed by atoms with van der Waals surface area (Å²) in [6.45, 7) is 2.04. The van der Waals surface area contributed by atoms with Crippen molar-refractivity contribution in [3.63, 3.8) is 0 Å². The second-order valence-corrected chi connectivity index (χ2v) is 7.26. The first kappa shape index (κ1) is 15.0. The van der Waals surface area contributed by atoms with E-state index in [1.54, 1.807) is 12.1 Å². The largest absolute Gasteiger partial charge is 0.326 e. The van der Waals surface area contributed by atoms with E-state index in [4.69, 9.17) is 0 Å². The predicted molar refractivity (Wildman–Crippen MR) is 78.4 cm³/mol. The lowest BCUT2D eigenvalue weighted by Gasteiger charge is -2.09. The third-order valence-electron chi connectivity index (χ3n) is 3.51. The van der Waals surface area contributed by atoms with Gasteiger partial charge in [-0.1, -0.05) is 0 Å². The van der Waals surface area contributed by atoms with E-state index >= 15 is 0 Å². The fraction of sp³-hybridized carbons (Fsp3) is 0.500. The van der Waals surface area contributed by atoms with Crippen LogP contribution in [0.4, 0.5) is 5.69 Å². The first-order chi connectivity index (χ1) is 9.45. The third kappa shape index (κ3) is 4.31. The Hall–Kier alpha value is -1.40. The summed E-state index contributed by atoms with van der Waals surface area (Å²) < 4.78 is 22.6. The number of anilines is 1. The second kappa shape index (κ2) is 6.37. The van der Waals surface area contributed by atoms with E-state index in [2.05, 4.69) is 10.6 Å². The number of benzene rings is 1. The maximum Gasteiger partial charge on any atom is 0.224 e. The Morgan fingerprint density at radius 3 is 2.60 bits per heavy atom. The molecule has 5 nitrogen and oxygen atoms in total. The van der Waals surface area contributed by atoms with Crippen molar-refractivity contribution in [2.24, 2.45) is 5.92 Å². The van der Waals surface area contributed by atoms with Crippen LogP contribution < -0.4 is 10.6 Å². The van der Waals surface area contributed by atoms with Crippen LogP contribution in [0.15, 0.2) is 29.2 Å². The quantitative estimate of drug-likeness (QED) is 0.861. The van der Waals surface area contributed by atoms with Gasteiger partial charge >= 0.3 is 0 Å². The van der Waals surface area contributed by atoms with Crippen molar-refractivity contribution in [1.29, 1.82) is 0 Å². The molecule has 1 aromatic carbocycles. The van der Waals surface area contributed by atoms with Crippen LogP contribution in [-0.4, -0.2) is 33.7 Å². The molecule has 1 fully saturated rings. The fourth-order valence-corrected chi connectivity index (χ4v) is 2.94. The van der Waals surface area contributed by atoms with Crippen molar-refractivity contribution < 1.29 is 13.2 Å². The molecule has 1 heterocycles. The van der Waals surface area contributed by atoms with Crippen LogP contribution in [0.25, 0.3) is 0 Å². The van der Waals surface area contributed by atoms with Gasteiger partial charge in [0, 0.05) is 18.4 Å². The molecule has 0 radical (unpaired) electrons. The Morgan fingerprint density at radius 1 is 1.35 bits per heavy atom. The van der Waals surface area contributed by atoms with Gasteiger partial charge in [-0.05, 0) is 56.1 Å². The van der Waals surface area contributed by atoms with E-state index in [0.717, 1.165) is 32.2 Å². The van der Waals surface area contributed by atoms with E-state index in [9.17, 15) is 13.2 Å². The number of hydrogen-bond acceptors (Lipinski definition) is 4. The van der Waals surface area contributed by atoms with Crippen molar-refractivity contribution >= 4 is 21.4 Å². The summed E-state index contributed by atoms with van der Waals surface area (Å²) in [4.78, 5) is 12.1. The van der Waals surface area contributed by atoms with Gasteiger partial charge in [-0.3, -0.25) is 4.79 Å². The third-order valence-corrected chi connectivity index (χ3v) is 4.64. The average Bonchev–Trinajstić information content (AvgIpc) is 2.89. The average molecular weight is 296 g/mol. The zero-order valence-electron chi connectivity index (χ0n) is 11.6. The molecule has 2 rings (SSSR count). The van der Waals surface area contributed by atoms with E-state index < -0.39 is 9.84 Å². The molecule has 0 aromatic heterocycles. The number of nitrogens with one attached hydrogen (secondary N) is 2. The molecule has 20 heavy (non-hydrogen) atoms. The highest BCUT2D eigenvalue weighted by molar-refractivity contribution is 7.90. The van der Waals surface area contributed by atoms with Crippen molar-refractivity contribution in [2.45, 2.75) is 24.2 Å². The van der Waals surface area contributed by atoms with Crippen LogP contribution in [0.1, 0.15) is 19.3 Å². The molecule has 1 amide bonds. The minimum Gasteiger partial charge on any atom is -0.326 e. The molecule has 0 saturated carbocycles. The molecule has 110 valence electrons. The van der Waals surface area contributed by atoms with Gasteiger partial charge in [-0.25, -0.2) is 8.42 Å². The van der Waals surface area contributed by atoms with Gasteiger partial charge in [0.2, 0.25) is 5.91 Å². The summed E-state index contributed by atoms with van der Waals surface area (Å²) >= 11 is 0. The van der Waals surface area contributed by atoms with Gasteiger partial charge in [0.25, 0.3) is 0 Å². The maximum atomic E-state index is 11.8. The topological polar surface area (TPSA) is 75.3 Å². The highest BCUT2D eigenvalue weighted by Gasteiger charge is 2.15. The highest BCUT2D eigenvalue weighted by atomic mass is 32.2. The minimum atomic E-state index is -3.19. The molecule has 1 aliphatic rings. The molecule has 0 bridgehead atoms. The first-order valence-corrected chi connectivity index (χ1v) is 8.65. The molecule has 0 aliphatic carbocycles. The van der Waals surface area contributed by atoms with Gasteiger partial charge < -0.3 is 10.6 Å². The van der Waals surface area contributed by atoms with Gasteiger partial charge in [0.1, 0.15) is 0 Å². The number of carbonyl (C=O) groups is 1. The highest BCUT2D eigenvalue weighted by Crippen LogP contribution is 2.17. The minimum absolute atomic E-state index is 0.0241. The van der Waals surface area contributed by atoms with Crippen LogP contribution in [0.2, 0.25) is 0 Å². The Kier molecular flexibility index (Phi) is 4.77. The summed E-state index contributed by atoms with van der Waals surface area (Å²) in [5, 5.41) is 6.07. The van der Waals surface area contributed by atoms with Crippen molar-refractivity contribution in [3.8, 4) is 0 Å². The second-order valence-electron chi connectivity index (χ2n) is 5.24. The number of amides is 1. The van der Waals surface area contributed by atoms with Crippen molar-refractivity contribution in [3.05, 3.63) is 24.3 Å². The molecular formula is C14H20N2O3S. The number of hydrogen-bond donors (Lipinski definition) is 2. The normalized spacial score (nSPS) is 18.9. The van der Waals surface area contributed by atoms with Crippen LogP contribution in [-0.2, 0) is 14.6 Å². The molecule has 1 saturated heterocycles. The Balaban J connectivity index is 1.84. The summed E-state index contributed by atoms with van der Waals surface area (Å²) in [5.74, 6) is 0.567. The molecular weight excluding hydrogens is 276 g/mol. The Labute approximate surface area is 119 Å². The van der Waals surface area contributed by atoms with Gasteiger partial charge in [0.15, 0.2) is 9.84 Å². The molecule has 6 heteroatoms. The zero-order valence-corrected chi connectivity index (χ0v) is 12.4. The number of rotatable bonds is 5. The maximum absolute atomic E-state index is 11.8. The van der Waals surface area contributed by atoms with Gasteiger partial charge in [-0.15, -0.1) is 0 Å². The van der Waals surface area contributed by atoms with Crippen LogP contribution in [0.5, 0.6) is 0 Å². The Morgan fingerprint density at radius 2 is 2.05 bits per heavy atom. The summed E-state index contributed by atoms with van der Waals surface area (Å²) in [7, 11) is -3.19. The lowest BCUT2D eigenvalue weighted by Crippen LogP contribution is -2.15. The SMILES string of the molecule is CS(=O)(=O)c1ccc(NC(=O)CCC2CCNC2)cc1. The molecule has 1 aromatic rings. The number of carbonyl (C=O) groups excluding carboxylic acids is 1. The smallest absolute Gasteiger partial charge is 0.224 e. The van der Waals surface area contributed by atoms with Crippen molar-refractivity contribution in [2.75, 3.05) is 24.7 Å². The fourth-order valence-electron chi connectivity index (χ4n) is 2.31. The zero-order chi connectivity index (χ0) is 14.6. The van der Waals surface area contributed by atoms with Crippen LogP contribution in [0.3, 0.4) is 0 Å². The molecule has 1 atom stereocenters. The first-order valence-electron chi connectivity index (χ1n) is 6.76. The van der Waals surface area contributed by atoms with E-state index in [1.807, 2.05) is 0 Å². The summed E-state index contributed by atoms with van der Waals surface area (Å²) in [6, 6.07) is 6.24. The van der Waals surface area contributed by atoms with E-state index in [1.165, 1.54) is 12.1 Å². The predicted octanol–water partition coefficient (Wildman–Crippen LogP) is 1.42. The van der Waals surface area contributed by atoms with Gasteiger partial charge in [-0.2, -0.15) is 0 Å². The molecule has 1 unspecified atom stereocenters. The van der Waals surface area contributed by atoms with Crippen molar-refractivity contribution in [1.82, 2.24) is 5.32 Å². The van der Waals surface area contributed by atoms with Gasteiger partial charge in [0.05, 0.1) is 4.90 Å². The molecule has 2 N–H and O–H groups in total. The van der Waals surface area contributed by atoms with Crippen LogP contribution >= 0.6 is 0 Å². The number of sulfone groups is 1. The lowest BCUT2D eigenvalue weighted by atomic mass is 10.0. The summed E-state index contributed by atoms with van der Waals surface area (Å²) in [6.07, 6.45) is 3.69. The standard InChI is InChI=1S/C14H20N2O3S/c1-20(18,19)13-5-3-12(4-6-13)16-14(17)7-2-11-8-9-15-10-11/h3-6,11,15H,2,7-10H2,1H3,(H,16,17). The molecule has 1 aliphatic heterocycles. The molecule has 0 spiro atoms.